The molecule has 1 aliphatic rings. The van der Waals surface area contributed by atoms with Crippen LogP contribution >= 0.6 is 11.6 Å². The van der Waals surface area contributed by atoms with Crippen LogP contribution in [0.15, 0.2) is 71.1 Å². The molecule has 1 aromatic carbocycles. The molecule has 1 aliphatic heterocycles. The number of benzene rings is 1. The summed E-state index contributed by atoms with van der Waals surface area (Å²) in [5.41, 5.74) is 4.10. The number of hydrogen-bond donors (Lipinski definition) is 1. The molecule has 0 spiro atoms. The normalized spacial score (nSPS) is 15.7. The van der Waals surface area contributed by atoms with Gasteiger partial charge in [-0.15, -0.1) is 0 Å². The summed E-state index contributed by atoms with van der Waals surface area (Å²) in [6.07, 6.45) is 8.84. The first-order valence-corrected chi connectivity index (χ1v) is 12.1. The van der Waals surface area contributed by atoms with Crippen molar-refractivity contribution in [1.29, 1.82) is 0 Å². The molecule has 36 heavy (non-hydrogen) atoms. The average Bonchev–Trinajstić information content (AvgIpc) is 2.91. The number of likely N-dealkylation sites (tertiary alicyclic amines) is 1. The lowest BCUT2D eigenvalue weighted by atomic mass is 9.99. The van der Waals surface area contributed by atoms with Crippen molar-refractivity contribution in [2.45, 2.75) is 18.9 Å². The number of nitrogens with zero attached hydrogens (tertiary/aromatic N) is 6. The molecule has 0 aliphatic carbocycles. The van der Waals surface area contributed by atoms with Gasteiger partial charge in [-0.2, -0.15) is 5.10 Å². The van der Waals surface area contributed by atoms with Crippen LogP contribution in [0.5, 0.6) is 0 Å². The summed E-state index contributed by atoms with van der Waals surface area (Å²) in [5, 5.41) is 5.21. The predicted octanol–water partition coefficient (Wildman–Crippen LogP) is 4.98. The number of piperidine rings is 1. The Hall–Kier alpha value is -3.75. The Labute approximate surface area is 213 Å². The highest BCUT2D eigenvalue weighted by Crippen LogP contribution is 2.33. The van der Waals surface area contributed by atoms with Gasteiger partial charge in [-0.25, -0.2) is 14.4 Å². The fourth-order valence-corrected chi connectivity index (χ4v) is 4.53. The van der Waals surface area contributed by atoms with E-state index < -0.39 is 5.82 Å². The minimum Gasteiger partial charge on any atom is -0.323 e. The zero-order chi connectivity index (χ0) is 25.1. The number of hydrazone groups is 1. The maximum atomic E-state index is 14.7. The number of rotatable bonds is 5. The Morgan fingerprint density at radius 3 is 2.78 bits per heavy atom. The first-order chi connectivity index (χ1) is 17.5. The molecule has 0 saturated carbocycles. The molecule has 182 valence electrons. The molecule has 5 rings (SSSR count). The lowest BCUT2D eigenvalue weighted by molar-refractivity contribution is 0.257. The molecule has 1 fully saturated rings. The first kappa shape index (κ1) is 24.0. The third-order valence-electron chi connectivity index (χ3n) is 6.37. The van der Waals surface area contributed by atoms with Crippen LogP contribution in [0.1, 0.15) is 18.4 Å². The van der Waals surface area contributed by atoms with Crippen molar-refractivity contribution in [2.75, 3.05) is 20.1 Å². The van der Waals surface area contributed by atoms with Crippen LogP contribution in [0, 0.1) is 5.82 Å². The van der Waals surface area contributed by atoms with Gasteiger partial charge in [0.1, 0.15) is 11.5 Å². The number of pyridine rings is 3. The van der Waals surface area contributed by atoms with Gasteiger partial charge in [0, 0.05) is 51.9 Å². The lowest BCUT2D eigenvalue weighted by Gasteiger charge is -2.26. The minimum atomic E-state index is -0.414. The Bertz CT molecular complexity index is 1460. The van der Waals surface area contributed by atoms with Crippen LogP contribution in [0.25, 0.3) is 33.4 Å². The third-order valence-corrected chi connectivity index (χ3v) is 6.60. The van der Waals surface area contributed by atoms with Crippen LogP contribution < -0.4 is 5.84 Å². The maximum absolute atomic E-state index is 14.7. The van der Waals surface area contributed by atoms with Crippen LogP contribution in [0.4, 0.5) is 4.39 Å². The van der Waals surface area contributed by atoms with Crippen molar-refractivity contribution in [3.8, 4) is 22.4 Å². The predicted molar refractivity (Wildman–Crippen MR) is 143 cm³/mol. The van der Waals surface area contributed by atoms with Crippen LogP contribution in [0.2, 0.25) is 5.02 Å². The molecular formula is C27H25ClFN7. The van der Waals surface area contributed by atoms with E-state index in [1.54, 1.807) is 30.9 Å². The molecule has 4 aromatic rings. The van der Waals surface area contributed by atoms with Crippen molar-refractivity contribution in [3.05, 3.63) is 77.5 Å². The van der Waals surface area contributed by atoms with Crippen molar-refractivity contribution in [1.82, 2.24) is 19.9 Å². The van der Waals surface area contributed by atoms with E-state index in [1.165, 1.54) is 12.1 Å². The fourth-order valence-electron chi connectivity index (χ4n) is 4.36. The van der Waals surface area contributed by atoms with Gasteiger partial charge in [-0.05, 0) is 81.0 Å². The molecule has 9 heteroatoms. The Morgan fingerprint density at radius 1 is 1.14 bits per heavy atom. The van der Waals surface area contributed by atoms with Crippen molar-refractivity contribution in [3.63, 3.8) is 0 Å². The summed E-state index contributed by atoms with van der Waals surface area (Å²) < 4.78 is 14.7. The summed E-state index contributed by atoms with van der Waals surface area (Å²) in [4.78, 5) is 20.5. The van der Waals surface area contributed by atoms with Gasteiger partial charge in [0.25, 0.3) is 0 Å². The topological polar surface area (TPSA) is 92.7 Å². The molecule has 7 nitrogen and oxygen atoms in total. The molecule has 0 radical (unpaired) electrons. The van der Waals surface area contributed by atoms with E-state index in [9.17, 15) is 4.39 Å². The second kappa shape index (κ2) is 10.5. The summed E-state index contributed by atoms with van der Waals surface area (Å²) in [5.74, 6) is 5.33. The standard InChI is InChI=1S/C27H25ClFN7/c1-36-9-6-20(7-10-36)33-16-26(35-30)18-11-17(14-31-15-18)22-13-25(23-12-19(28)4-5-24(23)29)34-27-21(22)3-2-8-32-27/h2-5,8,11-16,20H,6-7,9-10,30H2,1H3. The van der Waals surface area contributed by atoms with E-state index >= 15 is 0 Å². The second-order valence-corrected chi connectivity index (χ2v) is 9.28. The first-order valence-electron chi connectivity index (χ1n) is 11.7. The van der Waals surface area contributed by atoms with Crippen LogP contribution in [-0.2, 0) is 0 Å². The molecule has 0 bridgehead atoms. The molecule has 1 saturated heterocycles. The minimum absolute atomic E-state index is 0.249. The number of fused-ring (bicyclic) bond motifs is 1. The Morgan fingerprint density at radius 2 is 1.97 bits per heavy atom. The third kappa shape index (κ3) is 5.10. The zero-order valence-electron chi connectivity index (χ0n) is 19.8. The van der Waals surface area contributed by atoms with Gasteiger partial charge in [0.2, 0.25) is 0 Å². The zero-order valence-corrected chi connectivity index (χ0v) is 20.5. The summed E-state index contributed by atoms with van der Waals surface area (Å²) >= 11 is 6.15. The molecule has 2 N–H and O–H groups in total. The van der Waals surface area contributed by atoms with Crippen molar-refractivity contribution in [2.24, 2.45) is 15.9 Å². The number of aromatic nitrogens is 3. The van der Waals surface area contributed by atoms with Gasteiger partial charge in [0.05, 0.1) is 11.7 Å². The van der Waals surface area contributed by atoms with E-state index in [2.05, 4.69) is 32.0 Å². The molecule has 0 amide bonds. The lowest BCUT2D eigenvalue weighted by Crippen LogP contribution is -2.32. The Balaban J connectivity index is 1.55. The molecular weight excluding hydrogens is 477 g/mol. The van der Waals surface area contributed by atoms with E-state index in [1.807, 2.05) is 24.3 Å². The molecule has 4 heterocycles. The van der Waals surface area contributed by atoms with Crippen molar-refractivity contribution < 1.29 is 4.39 Å². The van der Waals surface area contributed by atoms with E-state index in [4.69, 9.17) is 22.4 Å². The quantitative estimate of drug-likeness (QED) is 0.236. The van der Waals surface area contributed by atoms with Gasteiger partial charge in [-0.1, -0.05) is 11.6 Å². The van der Waals surface area contributed by atoms with Crippen LogP contribution in [-0.4, -0.2) is 58.0 Å². The molecule has 0 unspecified atom stereocenters. The smallest absolute Gasteiger partial charge is 0.160 e. The van der Waals surface area contributed by atoms with E-state index in [0.29, 0.717) is 27.6 Å². The van der Waals surface area contributed by atoms with Gasteiger partial charge in [0.15, 0.2) is 5.65 Å². The Kier molecular flexibility index (Phi) is 6.97. The maximum Gasteiger partial charge on any atom is 0.160 e. The van der Waals surface area contributed by atoms with E-state index in [-0.39, 0.29) is 6.04 Å². The largest absolute Gasteiger partial charge is 0.323 e. The van der Waals surface area contributed by atoms with Gasteiger partial charge in [-0.3, -0.25) is 9.98 Å². The second-order valence-electron chi connectivity index (χ2n) is 8.84. The van der Waals surface area contributed by atoms with E-state index in [0.717, 1.165) is 48.0 Å². The highest BCUT2D eigenvalue weighted by atomic mass is 35.5. The van der Waals surface area contributed by atoms with Crippen molar-refractivity contribution >= 4 is 34.6 Å². The average molecular weight is 502 g/mol. The summed E-state index contributed by atoms with van der Waals surface area (Å²) in [7, 11) is 2.12. The molecule has 3 aromatic heterocycles. The molecule has 0 atom stereocenters. The summed E-state index contributed by atoms with van der Waals surface area (Å²) in [6, 6.07) is 12.2. The van der Waals surface area contributed by atoms with Gasteiger partial charge >= 0.3 is 0 Å². The van der Waals surface area contributed by atoms with Gasteiger partial charge < -0.3 is 10.7 Å². The van der Waals surface area contributed by atoms with Crippen LogP contribution in [0.3, 0.4) is 0 Å². The highest BCUT2D eigenvalue weighted by Gasteiger charge is 2.17. The monoisotopic (exact) mass is 501 g/mol. The number of halogens is 2. The fraction of sp³-hybridized carbons (Fsp3) is 0.222. The summed E-state index contributed by atoms with van der Waals surface area (Å²) in [6.45, 7) is 2.04. The highest BCUT2D eigenvalue weighted by molar-refractivity contribution is 6.38. The number of hydrogen-bond acceptors (Lipinski definition) is 7. The number of nitrogens with two attached hydrogens (primary N) is 1. The number of aliphatic imine (C=N–C) groups is 1. The SMILES string of the molecule is CN1CCC(N=CC(=NN)c2cncc(-c3cc(-c4cc(Cl)ccc4F)nc4ncccc34)c2)CC1.